The number of halogens is 1. The van der Waals surface area contributed by atoms with Crippen molar-refractivity contribution in [3.05, 3.63) is 64.1 Å². The van der Waals surface area contributed by atoms with Crippen molar-refractivity contribution >= 4 is 21.8 Å². The summed E-state index contributed by atoms with van der Waals surface area (Å²) in [4.78, 5) is 12.1. The molecule has 0 bridgehead atoms. The van der Waals surface area contributed by atoms with Crippen LogP contribution < -0.4 is 10.1 Å². The van der Waals surface area contributed by atoms with Gasteiger partial charge < -0.3 is 10.1 Å². The third-order valence-electron chi connectivity index (χ3n) is 3.35. The molecular formula is C18H17BrN2O2. The van der Waals surface area contributed by atoms with E-state index in [1.807, 2.05) is 37.3 Å². The fraction of sp³-hybridized carbons (Fsp3) is 0.222. The van der Waals surface area contributed by atoms with E-state index in [0.717, 1.165) is 16.5 Å². The Hall–Kier alpha value is -2.32. The summed E-state index contributed by atoms with van der Waals surface area (Å²) in [6, 6.07) is 16.6. The summed E-state index contributed by atoms with van der Waals surface area (Å²) < 4.78 is 6.44. The van der Waals surface area contributed by atoms with E-state index < -0.39 is 0 Å². The van der Waals surface area contributed by atoms with Crippen LogP contribution in [0.15, 0.2) is 53.0 Å². The normalized spacial score (nSPS) is 11.3. The number of nitrogens with one attached hydrogen (secondary N) is 1. The Labute approximate surface area is 144 Å². The number of nitriles is 1. The topological polar surface area (TPSA) is 62.1 Å². The zero-order chi connectivity index (χ0) is 16.7. The Morgan fingerprint density at radius 1 is 1.30 bits per heavy atom. The molecular weight excluding hydrogens is 356 g/mol. The smallest absolute Gasteiger partial charge is 0.258 e. The highest BCUT2D eigenvalue weighted by Gasteiger charge is 2.13. The number of carbonyl (C=O) groups is 1. The fourth-order valence-corrected chi connectivity index (χ4v) is 2.42. The largest absolute Gasteiger partial charge is 0.484 e. The number of carbonyl (C=O) groups excluding carboxylic acids is 1. The number of hydrogen-bond acceptors (Lipinski definition) is 3. The van der Waals surface area contributed by atoms with Crippen molar-refractivity contribution in [2.75, 3.05) is 6.61 Å². The van der Waals surface area contributed by atoms with Gasteiger partial charge in [-0.05, 0) is 42.3 Å². The number of ether oxygens (including phenoxy) is 1. The lowest BCUT2D eigenvalue weighted by molar-refractivity contribution is -0.123. The second-order valence-electron chi connectivity index (χ2n) is 5.01. The van der Waals surface area contributed by atoms with Gasteiger partial charge in [-0.25, -0.2) is 0 Å². The van der Waals surface area contributed by atoms with E-state index in [2.05, 4.69) is 21.2 Å². The fourth-order valence-electron chi connectivity index (χ4n) is 2.16. The van der Waals surface area contributed by atoms with E-state index in [1.165, 1.54) is 0 Å². The zero-order valence-electron chi connectivity index (χ0n) is 12.8. The zero-order valence-corrected chi connectivity index (χ0v) is 14.3. The monoisotopic (exact) mass is 372 g/mol. The maximum Gasteiger partial charge on any atom is 0.258 e. The van der Waals surface area contributed by atoms with Crippen LogP contribution in [0.25, 0.3) is 0 Å². The molecule has 0 aromatic heterocycles. The molecule has 0 fully saturated rings. The quantitative estimate of drug-likeness (QED) is 0.834. The molecule has 1 N–H and O–H groups in total. The highest BCUT2D eigenvalue weighted by atomic mass is 79.9. The number of amides is 1. The molecule has 2 aromatic rings. The summed E-state index contributed by atoms with van der Waals surface area (Å²) in [6.45, 7) is 1.94. The summed E-state index contributed by atoms with van der Waals surface area (Å²) in [6.07, 6.45) is 0.789. The molecule has 0 aliphatic rings. The molecule has 0 unspecified atom stereocenters. The molecule has 118 valence electrons. The van der Waals surface area contributed by atoms with Gasteiger partial charge in [0, 0.05) is 4.47 Å². The maximum atomic E-state index is 12.1. The minimum atomic E-state index is -0.192. The second-order valence-corrected chi connectivity index (χ2v) is 5.92. The van der Waals surface area contributed by atoms with E-state index in [0.29, 0.717) is 11.3 Å². The van der Waals surface area contributed by atoms with Gasteiger partial charge >= 0.3 is 0 Å². The number of nitrogens with zero attached hydrogens (tertiary/aromatic N) is 1. The van der Waals surface area contributed by atoms with Crippen LogP contribution in [0.3, 0.4) is 0 Å². The van der Waals surface area contributed by atoms with E-state index in [4.69, 9.17) is 10.00 Å². The van der Waals surface area contributed by atoms with Crippen LogP contribution in [0.1, 0.15) is 30.5 Å². The summed E-state index contributed by atoms with van der Waals surface area (Å²) in [5, 5.41) is 11.8. The first-order chi connectivity index (χ1) is 11.1. The van der Waals surface area contributed by atoms with Gasteiger partial charge in [0.25, 0.3) is 5.91 Å². The van der Waals surface area contributed by atoms with Crippen LogP contribution in [0.2, 0.25) is 0 Å². The molecule has 1 amide bonds. The average molecular weight is 373 g/mol. The van der Waals surface area contributed by atoms with Crippen molar-refractivity contribution in [3.8, 4) is 11.8 Å². The lowest BCUT2D eigenvalue weighted by Crippen LogP contribution is -2.32. The molecule has 2 rings (SSSR count). The van der Waals surface area contributed by atoms with Crippen molar-refractivity contribution in [3.63, 3.8) is 0 Å². The summed E-state index contributed by atoms with van der Waals surface area (Å²) in [5.74, 6) is 0.318. The van der Waals surface area contributed by atoms with Gasteiger partial charge in [-0.2, -0.15) is 5.26 Å². The number of hydrogen-bond donors (Lipinski definition) is 1. The molecule has 1 atom stereocenters. The number of rotatable bonds is 6. The van der Waals surface area contributed by atoms with Crippen molar-refractivity contribution in [2.24, 2.45) is 0 Å². The van der Waals surface area contributed by atoms with Gasteiger partial charge in [0.1, 0.15) is 5.75 Å². The molecule has 0 heterocycles. The highest BCUT2D eigenvalue weighted by molar-refractivity contribution is 9.10. The summed E-state index contributed by atoms with van der Waals surface area (Å²) in [7, 11) is 0. The van der Waals surface area contributed by atoms with Crippen molar-refractivity contribution in [2.45, 2.75) is 19.4 Å². The van der Waals surface area contributed by atoms with Crippen molar-refractivity contribution < 1.29 is 9.53 Å². The molecule has 0 spiro atoms. The Bertz CT molecular complexity index is 708. The molecule has 0 aliphatic carbocycles. The van der Waals surface area contributed by atoms with Gasteiger partial charge in [-0.1, -0.05) is 41.1 Å². The van der Waals surface area contributed by atoms with Crippen LogP contribution in [0.4, 0.5) is 0 Å². The molecule has 0 saturated carbocycles. The van der Waals surface area contributed by atoms with Gasteiger partial charge in [-0.15, -0.1) is 0 Å². The molecule has 2 aromatic carbocycles. The molecule has 0 aliphatic heterocycles. The molecule has 4 nitrogen and oxygen atoms in total. The summed E-state index contributed by atoms with van der Waals surface area (Å²) in [5.41, 5.74) is 1.56. The average Bonchev–Trinajstić information content (AvgIpc) is 2.59. The van der Waals surface area contributed by atoms with Crippen LogP contribution >= 0.6 is 15.9 Å². The third kappa shape index (κ3) is 5.11. The van der Waals surface area contributed by atoms with E-state index >= 15 is 0 Å². The first-order valence-electron chi connectivity index (χ1n) is 7.30. The lowest BCUT2D eigenvalue weighted by atomic mass is 10.0. The minimum absolute atomic E-state index is 0.0513. The molecule has 5 heteroatoms. The van der Waals surface area contributed by atoms with Crippen LogP contribution in [-0.2, 0) is 4.79 Å². The Morgan fingerprint density at radius 2 is 2.04 bits per heavy atom. The number of benzene rings is 2. The predicted octanol–water partition coefficient (Wildman–Crippen LogP) is 3.97. The summed E-state index contributed by atoms with van der Waals surface area (Å²) >= 11 is 3.40. The molecule has 23 heavy (non-hydrogen) atoms. The molecule has 0 radical (unpaired) electrons. The lowest BCUT2D eigenvalue weighted by Gasteiger charge is -2.18. The van der Waals surface area contributed by atoms with Gasteiger partial charge in [0.2, 0.25) is 0 Å². The van der Waals surface area contributed by atoms with E-state index in [9.17, 15) is 4.79 Å². The standard InChI is InChI=1S/C18H17BrN2O2/c1-2-17(14-6-8-15(19)9-7-14)21-18(22)12-23-16-5-3-4-13(10-16)11-20/h3-10,17H,2,12H2,1H3,(H,21,22)/t17-/m0/s1. The molecule has 0 saturated heterocycles. The Kier molecular flexibility index (Phi) is 6.19. The SMILES string of the molecule is CC[C@H](NC(=O)COc1cccc(C#N)c1)c1ccc(Br)cc1. The van der Waals surface area contributed by atoms with E-state index in [1.54, 1.807) is 24.3 Å². The first-order valence-corrected chi connectivity index (χ1v) is 8.09. The third-order valence-corrected chi connectivity index (χ3v) is 3.88. The maximum absolute atomic E-state index is 12.1. The Balaban J connectivity index is 1.92. The Morgan fingerprint density at radius 3 is 2.70 bits per heavy atom. The predicted molar refractivity (Wildman–Crippen MR) is 92.0 cm³/mol. The van der Waals surface area contributed by atoms with E-state index in [-0.39, 0.29) is 18.6 Å². The van der Waals surface area contributed by atoms with Crippen molar-refractivity contribution in [1.82, 2.24) is 5.32 Å². The van der Waals surface area contributed by atoms with Crippen molar-refractivity contribution in [1.29, 1.82) is 5.26 Å². The second kappa shape index (κ2) is 8.35. The van der Waals surface area contributed by atoms with Crippen LogP contribution in [-0.4, -0.2) is 12.5 Å². The van der Waals surface area contributed by atoms with Gasteiger partial charge in [0.05, 0.1) is 17.7 Å². The van der Waals surface area contributed by atoms with Gasteiger partial charge in [0.15, 0.2) is 6.61 Å². The first kappa shape index (κ1) is 17.0. The highest BCUT2D eigenvalue weighted by Crippen LogP contribution is 2.19. The van der Waals surface area contributed by atoms with Crippen LogP contribution in [0, 0.1) is 11.3 Å². The van der Waals surface area contributed by atoms with Gasteiger partial charge in [-0.3, -0.25) is 4.79 Å². The van der Waals surface area contributed by atoms with Crippen LogP contribution in [0.5, 0.6) is 5.75 Å². The minimum Gasteiger partial charge on any atom is -0.484 e.